The molecule has 17 rings (SSSR count). The molecular weight excluding hydrogens is 651 g/mol. The molecule has 16 bridgehead atoms. The molecule has 2 N–H and O–H groups in total. The molecule has 12 aliphatic carbocycles. The Morgan fingerprint density at radius 2 is 0.827 bits per heavy atom. The fourth-order valence-corrected chi connectivity index (χ4v) is 11.2. The summed E-state index contributed by atoms with van der Waals surface area (Å²) in [6, 6.07) is 6.24. The van der Waals surface area contributed by atoms with Gasteiger partial charge in [-0.15, -0.1) is 0 Å². The Morgan fingerprint density at radius 3 is 1.42 bits per heavy atom. The van der Waals surface area contributed by atoms with Gasteiger partial charge in [0.1, 0.15) is 23.1 Å². The minimum atomic E-state index is -0.429. The molecule has 3 aromatic heterocycles. The van der Waals surface area contributed by atoms with Crippen molar-refractivity contribution >= 4 is 67.5 Å². The minimum Gasteiger partial charge on any atom is -0.355 e. The average Bonchev–Trinajstić information content (AvgIpc) is 3.90. The number of ketones is 4. The number of nitrogens with zero attached hydrogens (tertiary/aromatic N) is 3. The lowest BCUT2D eigenvalue weighted by Crippen LogP contribution is -2.28. The molecule has 6 unspecified atom stereocenters. The number of H-pyrrole nitrogens is 2. The third-order valence-corrected chi connectivity index (χ3v) is 13.4. The van der Waals surface area contributed by atoms with E-state index in [0.29, 0.717) is 43.0 Å². The second-order valence-electron chi connectivity index (χ2n) is 16.0. The van der Waals surface area contributed by atoms with Crippen molar-refractivity contribution in [2.24, 2.45) is 23.7 Å². The molecule has 2 aliphatic heterocycles. The highest BCUT2D eigenvalue weighted by Gasteiger charge is 2.46. The Kier molecular flexibility index (Phi) is 4.90. The molecule has 250 valence electrons. The first-order valence-corrected chi connectivity index (χ1v) is 18.4. The maximum absolute atomic E-state index is 13.4. The lowest BCUT2D eigenvalue weighted by Gasteiger charge is -2.32. The van der Waals surface area contributed by atoms with Crippen molar-refractivity contribution in [3.63, 3.8) is 0 Å². The summed E-state index contributed by atoms with van der Waals surface area (Å²) in [5, 5.41) is 0. The lowest BCUT2D eigenvalue weighted by atomic mass is 9.69. The van der Waals surface area contributed by atoms with Crippen LogP contribution in [0.2, 0.25) is 0 Å². The van der Waals surface area contributed by atoms with Gasteiger partial charge in [0.2, 0.25) is 0 Å². The average molecular weight is 680 g/mol. The predicted octanol–water partition coefficient (Wildman–Crippen LogP) is 6.50. The monoisotopic (exact) mass is 679 g/mol. The molecule has 0 saturated heterocycles. The van der Waals surface area contributed by atoms with E-state index in [-0.39, 0.29) is 58.6 Å². The van der Waals surface area contributed by atoms with Crippen LogP contribution in [0.25, 0.3) is 44.4 Å². The molecule has 0 fully saturated rings. The van der Waals surface area contributed by atoms with E-state index in [2.05, 4.69) is 52.5 Å². The summed E-state index contributed by atoms with van der Waals surface area (Å²) < 4.78 is 0. The number of aromatic amines is 2. The first-order chi connectivity index (χ1) is 25.4. The molecule has 5 heterocycles. The molecule has 0 radical (unpaired) electrons. The number of carbonyl (C=O) groups excluding carboxylic acids is 4. The van der Waals surface area contributed by atoms with Crippen LogP contribution >= 0.6 is 0 Å². The molecule has 9 heteroatoms. The Hall–Kier alpha value is -5.83. The van der Waals surface area contributed by atoms with Crippen molar-refractivity contribution < 1.29 is 19.2 Å². The van der Waals surface area contributed by atoms with Crippen LogP contribution in [0.5, 0.6) is 0 Å². The number of hydrogen-bond donors (Lipinski definition) is 2. The SMILES string of the molecule is O=C1CC2C=CC1C1=C2c2nc1cc1[nH]c(cc3[nH]c(cc4nc(n2)C2=C4C4C=CC2C(=O)C4)c2c3C3C=C[C@H]2C(=O)C3)c2c1[C@H]1C=CC2C(=O)C1. The fraction of sp³-hybridized carbons (Fsp3) is 0.279. The molecule has 14 aliphatic rings. The number of allylic oxidation sites excluding steroid dienone is 12. The van der Waals surface area contributed by atoms with Gasteiger partial charge < -0.3 is 9.97 Å². The first-order valence-electron chi connectivity index (χ1n) is 18.4. The van der Waals surface area contributed by atoms with E-state index >= 15 is 0 Å². The van der Waals surface area contributed by atoms with Crippen molar-refractivity contribution in [3.05, 3.63) is 112 Å². The van der Waals surface area contributed by atoms with Crippen LogP contribution in [0.3, 0.4) is 0 Å². The summed E-state index contributed by atoms with van der Waals surface area (Å²) in [5.41, 5.74) is 12.8. The number of aromatic nitrogens is 5. The summed E-state index contributed by atoms with van der Waals surface area (Å²) in [6.45, 7) is 0. The van der Waals surface area contributed by atoms with Crippen LogP contribution in [0.1, 0.15) is 94.6 Å². The van der Waals surface area contributed by atoms with Gasteiger partial charge in [-0.1, -0.05) is 48.6 Å². The number of nitrogens with one attached hydrogen (secondary N) is 2. The van der Waals surface area contributed by atoms with Crippen molar-refractivity contribution in [3.8, 4) is 0 Å². The van der Waals surface area contributed by atoms with Crippen LogP contribution in [0.4, 0.5) is 0 Å². The zero-order chi connectivity index (χ0) is 34.3. The summed E-state index contributed by atoms with van der Waals surface area (Å²) in [6.07, 6.45) is 18.3. The minimum absolute atomic E-state index is 0.0585. The predicted molar refractivity (Wildman–Crippen MR) is 192 cm³/mol. The molecule has 9 nitrogen and oxygen atoms in total. The third-order valence-electron chi connectivity index (χ3n) is 13.4. The van der Waals surface area contributed by atoms with Crippen LogP contribution in [-0.2, 0) is 19.2 Å². The van der Waals surface area contributed by atoms with Crippen LogP contribution in [0.15, 0.2) is 66.8 Å². The zero-order valence-electron chi connectivity index (χ0n) is 27.8. The van der Waals surface area contributed by atoms with Crippen LogP contribution < -0.4 is 0 Å². The van der Waals surface area contributed by atoms with E-state index in [0.717, 1.165) is 72.3 Å². The van der Waals surface area contributed by atoms with Gasteiger partial charge in [0, 0.05) is 82.6 Å². The maximum atomic E-state index is 13.4. The molecule has 0 aromatic carbocycles. The summed E-state index contributed by atoms with van der Waals surface area (Å²) in [4.78, 5) is 76.7. The highest BCUT2D eigenvalue weighted by molar-refractivity contribution is 6.12. The van der Waals surface area contributed by atoms with E-state index < -0.39 is 11.8 Å². The largest absolute Gasteiger partial charge is 0.355 e. The van der Waals surface area contributed by atoms with Gasteiger partial charge in [-0.25, -0.2) is 15.0 Å². The van der Waals surface area contributed by atoms with Gasteiger partial charge in [0.25, 0.3) is 0 Å². The number of fused-ring (bicyclic) bond motifs is 12. The molecule has 3 aromatic rings. The van der Waals surface area contributed by atoms with Crippen molar-refractivity contribution in [2.75, 3.05) is 0 Å². The topological polar surface area (TPSA) is 139 Å². The summed E-state index contributed by atoms with van der Waals surface area (Å²) >= 11 is 0. The van der Waals surface area contributed by atoms with Crippen LogP contribution in [-0.4, -0.2) is 48.1 Å². The van der Waals surface area contributed by atoms with Gasteiger partial charge in [0.05, 0.1) is 35.1 Å². The second-order valence-corrected chi connectivity index (χ2v) is 16.0. The van der Waals surface area contributed by atoms with Crippen LogP contribution in [0, 0.1) is 23.7 Å². The van der Waals surface area contributed by atoms with E-state index in [9.17, 15) is 19.2 Å². The molecule has 8 atom stereocenters. The normalized spacial score (nSPS) is 32.0. The third kappa shape index (κ3) is 3.29. The smallest absolute Gasteiger partial charge is 0.159 e. The highest BCUT2D eigenvalue weighted by Crippen LogP contribution is 2.54. The maximum Gasteiger partial charge on any atom is 0.159 e. The van der Waals surface area contributed by atoms with E-state index in [4.69, 9.17) is 15.0 Å². The Balaban J connectivity index is 1.20. The lowest BCUT2D eigenvalue weighted by molar-refractivity contribution is -0.121. The first kappa shape index (κ1) is 27.8. The Morgan fingerprint density at radius 1 is 0.404 bits per heavy atom. The van der Waals surface area contributed by atoms with Gasteiger partial charge in [-0.3, -0.25) is 19.2 Å². The van der Waals surface area contributed by atoms with Gasteiger partial charge >= 0.3 is 0 Å². The molecular formula is C43H29N5O4. The molecule has 0 saturated carbocycles. The molecule has 0 amide bonds. The zero-order valence-corrected chi connectivity index (χ0v) is 27.8. The van der Waals surface area contributed by atoms with Gasteiger partial charge in [-0.2, -0.15) is 0 Å². The van der Waals surface area contributed by atoms with Gasteiger partial charge in [0.15, 0.2) is 11.6 Å². The highest BCUT2D eigenvalue weighted by atomic mass is 16.1. The summed E-state index contributed by atoms with van der Waals surface area (Å²) in [5.74, 6) is -0.113. The quantitative estimate of drug-likeness (QED) is 0.259. The standard InChI is InChI=1S/C43H29N5O4/c49-30-10-17-2-5-20(30)38-27-13-24-34-16-1-6-21(31(50)9-16)39(34)28(44-24)15-26-36-18-3-8-23(33(52)11-18)41(36)43(46-26)48-42-37-19-4-7-22(32(51)12-19)40(37)29(47-42)14-25(45-27)35(17)38/h1-8,13-23,44-45H,9-12H2/t16?,17-,18?,19?,20?,21-,22?,23?/m0/s1. The van der Waals surface area contributed by atoms with Crippen molar-refractivity contribution in [2.45, 2.75) is 49.4 Å². The molecule has 0 spiro atoms. The summed E-state index contributed by atoms with van der Waals surface area (Å²) in [7, 11) is 0. The Labute approximate surface area is 296 Å². The van der Waals surface area contributed by atoms with Gasteiger partial charge in [-0.05, 0) is 51.6 Å². The number of rotatable bonds is 0. The van der Waals surface area contributed by atoms with Crippen molar-refractivity contribution in [1.82, 2.24) is 24.9 Å². The Bertz CT molecular complexity index is 2780. The second kappa shape index (κ2) is 9.14. The van der Waals surface area contributed by atoms with E-state index in [1.54, 1.807) is 0 Å². The van der Waals surface area contributed by atoms with E-state index in [1.165, 1.54) is 0 Å². The van der Waals surface area contributed by atoms with Crippen molar-refractivity contribution in [1.29, 1.82) is 0 Å². The fourth-order valence-electron chi connectivity index (χ4n) is 11.2. The molecule has 52 heavy (non-hydrogen) atoms. The number of hydrogen-bond acceptors (Lipinski definition) is 7. The number of carbonyl (C=O) groups is 4. The van der Waals surface area contributed by atoms with E-state index in [1.807, 2.05) is 24.3 Å². The number of Topliss-reactive ketones (excluding diaryl/α,β-unsaturated/α-hetero) is 4.